The van der Waals surface area contributed by atoms with E-state index in [1.165, 1.54) is 25.1 Å². The highest BCUT2D eigenvalue weighted by molar-refractivity contribution is 5.92. The lowest BCUT2D eigenvalue weighted by molar-refractivity contribution is -0.137. The SMILES string of the molecule is CCCCc1cc(C(F)(F)F)ccc1/C=C/C(=O)N[C@H](C)c1cc(F)c(C)c(F)c1. The number of carbonyl (C=O) groups is 1. The fourth-order valence-electron chi connectivity index (χ4n) is 2.95. The maximum atomic E-state index is 13.7. The van der Waals surface area contributed by atoms with Crippen LogP contribution in [0.4, 0.5) is 22.0 Å². The molecule has 1 atom stereocenters. The van der Waals surface area contributed by atoms with Crippen LogP contribution in [0, 0.1) is 18.6 Å². The Bertz CT molecular complexity index is 911. The van der Waals surface area contributed by atoms with E-state index in [4.69, 9.17) is 0 Å². The molecule has 0 bridgehead atoms. The second-order valence-electron chi connectivity index (χ2n) is 7.19. The molecule has 0 heterocycles. The van der Waals surface area contributed by atoms with Crippen LogP contribution in [0.1, 0.15) is 60.5 Å². The third kappa shape index (κ3) is 6.15. The molecule has 30 heavy (non-hydrogen) atoms. The highest BCUT2D eigenvalue weighted by Crippen LogP contribution is 2.31. The highest BCUT2D eigenvalue weighted by atomic mass is 19.4. The van der Waals surface area contributed by atoms with Gasteiger partial charge in [-0.05, 0) is 73.7 Å². The van der Waals surface area contributed by atoms with Crippen LogP contribution in [0.3, 0.4) is 0 Å². The van der Waals surface area contributed by atoms with Crippen LogP contribution in [0.25, 0.3) is 6.08 Å². The van der Waals surface area contributed by atoms with Gasteiger partial charge in [-0.25, -0.2) is 8.78 Å². The Labute approximate surface area is 172 Å². The standard InChI is InChI=1S/C23H24F5NO/c1-4-5-6-17-11-19(23(26,27)28)9-7-16(17)8-10-22(30)29-15(3)18-12-20(24)14(2)21(25)13-18/h7-13,15H,4-6H2,1-3H3,(H,29,30)/b10-8+/t15-/m1/s1. The van der Waals surface area contributed by atoms with Gasteiger partial charge in [0.1, 0.15) is 11.6 Å². The van der Waals surface area contributed by atoms with Crippen molar-refractivity contribution in [3.8, 4) is 0 Å². The number of alkyl halides is 3. The minimum Gasteiger partial charge on any atom is -0.346 e. The fraction of sp³-hybridized carbons (Fsp3) is 0.348. The number of aryl methyl sites for hydroxylation is 1. The highest BCUT2D eigenvalue weighted by Gasteiger charge is 2.30. The number of rotatable bonds is 7. The van der Waals surface area contributed by atoms with E-state index in [1.54, 1.807) is 6.92 Å². The summed E-state index contributed by atoms with van der Waals surface area (Å²) in [5, 5.41) is 2.60. The summed E-state index contributed by atoms with van der Waals surface area (Å²) in [4.78, 5) is 12.2. The van der Waals surface area contributed by atoms with Crippen LogP contribution < -0.4 is 5.32 Å². The second kappa shape index (κ2) is 9.87. The van der Waals surface area contributed by atoms with E-state index in [1.807, 2.05) is 6.92 Å². The molecule has 0 saturated carbocycles. The van der Waals surface area contributed by atoms with E-state index in [-0.39, 0.29) is 11.1 Å². The van der Waals surface area contributed by atoms with Crippen molar-refractivity contribution in [2.24, 2.45) is 0 Å². The first-order chi connectivity index (χ1) is 14.0. The summed E-state index contributed by atoms with van der Waals surface area (Å²) in [5.41, 5.74) is 0.472. The Morgan fingerprint density at radius 2 is 1.77 bits per heavy atom. The van der Waals surface area contributed by atoms with Gasteiger partial charge in [0.05, 0.1) is 11.6 Å². The molecule has 0 fully saturated rings. The van der Waals surface area contributed by atoms with Gasteiger partial charge in [0.15, 0.2) is 0 Å². The summed E-state index contributed by atoms with van der Waals surface area (Å²) < 4.78 is 66.4. The molecule has 2 aromatic carbocycles. The van der Waals surface area contributed by atoms with Gasteiger partial charge >= 0.3 is 6.18 Å². The van der Waals surface area contributed by atoms with Gasteiger partial charge in [0.2, 0.25) is 5.91 Å². The van der Waals surface area contributed by atoms with Gasteiger partial charge in [0, 0.05) is 11.6 Å². The van der Waals surface area contributed by atoms with Crippen molar-refractivity contribution in [2.75, 3.05) is 0 Å². The van der Waals surface area contributed by atoms with Crippen molar-refractivity contribution in [1.29, 1.82) is 0 Å². The number of nitrogens with one attached hydrogen (secondary N) is 1. The number of hydrogen-bond acceptors (Lipinski definition) is 1. The average Bonchev–Trinajstić information content (AvgIpc) is 2.67. The summed E-state index contributed by atoms with van der Waals surface area (Å²) in [5.74, 6) is -1.93. The third-order valence-electron chi connectivity index (χ3n) is 4.85. The van der Waals surface area contributed by atoms with Crippen LogP contribution in [-0.2, 0) is 17.4 Å². The maximum Gasteiger partial charge on any atom is 0.416 e. The molecular weight excluding hydrogens is 401 g/mol. The molecule has 0 aliphatic rings. The Morgan fingerprint density at radius 3 is 2.33 bits per heavy atom. The zero-order valence-corrected chi connectivity index (χ0v) is 17.0. The topological polar surface area (TPSA) is 29.1 Å². The average molecular weight is 425 g/mol. The summed E-state index contributed by atoms with van der Waals surface area (Å²) in [6, 6.07) is 5.09. The number of unbranched alkanes of at least 4 members (excludes halogenated alkanes) is 1. The summed E-state index contributed by atoms with van der Waals surface area (Å²) in [6.45, 7) is 4.84. The number of halogens is 5. The fourth-order valence-corrected chi connectivity index (χ4v) is 2.95. The Balaban J connectivity index is 2.16. The zero-order valence-electron chi connectivity index (χ0n) is 17.0. The van der Waals surface area contributed by atoms with Crippen molar-refractivity contribution >= 4 is 12.0 Å². The molecule has 0 aromatic heterocycles. The molecule has 0 aliphatic carbocycles. The van der Waals surface area contributed by atoms with E-state index >= 15 is 0 Å². The first-order valence-corrected chi connectivity index (χ1v) is 9.67. The molecule has 7 heteroatoms. The number of carbonyl (C=O) groups excluding carboxylic acids is 1. The van der Waals surface area contributed by atoms with Gasteiger partial charge < -0.3 is 5.32 Å². The first kappa shape index (κ1) is 23.6. The van der Waals surface area contributed by atoms with Crippen molar-refractivity contribution in [2.45, 2.75) is 52.3 Å². The zero-order chi connectivity index (χ0) is 22.5. The van der Waals surface area contributed by atoms with Crippen molar-refractivity contribution in [3.05, 3.63) is 75.9 Å². The maximum absolute atomic E-state index is 13.7. The van der Waals surface area contributed by atoms with E-state index in [9.17, 15) is 26.7 Å². The number of amides is 1. The van der Waals surface area contributed by atoms with E-state index in [0.717, 1.165) is 37.1 Å². The molecule has 0 radical (unpaired) electrons. The molecule has 0 aliphatic heterocycles. The lowest BCUT2D eigenvalue weighted by Crippen LogP contribution is -2.25. The van der Waals surface area contributed by atoms with Gasteiger partial charge in [-0.3, -0.25) is 4.79 Å². The Hall–Kier alpha value is -2.70. The van der Waals surface area contributed by atoms with Crippen LogP contribution in [0.15, 0.2) is 36.4 Å². The van der Waals surface area contributed by atoms with Crippen LogP contribution >= 0.6 is 0 Å². The normalized spacial score (nSPS) is 12.9. The quantitative estimate of drug-likeness (QED) is 0.397. The van der Waals surface area contributed by atoms with Gasteiger partial charge in [-0.1, -0.05) is 19.4 Å². The molecule has 1 amide bonds. The summed E-state index contributed by atoms with van der Waals surface area (Å²) >= 11 is 0. The summed E-state index contributed by atoms with van der Waals surface area (Å²) in [7, 11) is 0. The molecule has 2 aromatic rings. The second-order valence-corrected chi connectivity index (χ2v) is 7.19. The minimum absolute atomic E-state index is 0.0981. The molecule has 1 N–H and O–H groups in total. The summed E-state index contributed by atoms with van der Waals surface area (Å²) in [6.07, 6.45) is 0.213. The lowest BCUT2D eigenvalue weighted by atomic mass is 9.98. The number of benzene rings is 2. The molecule has 0 spiro atoms. The molecule has 0 saturated heterocycles. The smallest absolute Gasteiger partial charge is 0.346 e. The van der Waals surface area contributed by atoms with Gasteiger partial charge in [-0.15, -0.1) is 0 Å². The predicted molar refractivity (Wildman–Crippen MR) is 107 cm³/mol. The first-order valence-electron chi connectivity index (χ1n) is 9.67. The minimum atomic E-state index is -4.44. The molecule has 2 rings (SSSR count). The van der Waals surface area contributed by atoms with Gasteiger partial charge in [-0.2, -0.15) is 13.2 Å². The molecule has 2 nitrogen and oxygen atoms in total. The van der Waals surface area contributed by atoms with Gasteiger partial charge in [0.25, 0.3) is 0 Å². The Morgan fingerprint density at radius 1 is 1.13 bits per heavy atom. The monoisotopic (exact) mass is 425 g/mol. The van der Waals surface area contributed by atoms with Crippen LogP contribution in [-0.4, -0.2) is 5.91 Å². The molecule has 162 valence electrons. The van der Waals surface area contributed by atoms with Crippen molar-refractivity contribution in [1.82, 2.24) is 5.32 Å². The van der Waals surface area contributed by atoms with Crippen LogP contribution in [0.5, 0.6) is 0 Å². The largest absolute Gasteiger partial charge is 0.416 e. The van der Waals surface area contributed by atoms with Crippen LogP contribution in [0.2, 0.25) is 0 Å². The van der Waals surface area contributed by atoms with Crippen molar-refractivity contribution in [3.63, 3.8) is 0 Å². The van der Waals surface area contributed by atoms with Crippen molar-refractivity contribution < 1.29 is 26.7 Å². The molecular formula is C23H24F5NO. The van der Waals surface area contributed by atoms with E-state index in [2.05, 4.69) is 5.32 Å². The Kier molecular flexibility index (Phi) is 7.76. The predicted octanol–water partition coefficient (Wildman–Crippen LogP) is 6.53. The lowest BCUT2D eigenvalue weighted by Gasteiger charge is -2.14. The number of hydrogen-bond donors (Lipinski definition) is 1. The van der Waals surface area contributed by atoms with E-state index < -0.39 is 35.3 Å². The van der Waals surface area contributed by atoms with E-state index in [0.29, 0.717) is 17.5 Å². The molecule has 0 unspecified atom stereocenters. The third-order valence-corrected chi connectivity index (χ3v) is 4.85.